The Kier molecular flexibility index (Phi) is 6.29. The first-order valence-corrected chi connectivity index (χ1v) is 13.0. The lowest BCUT2D eigenvalue weighted by molar-refractivity contribution is -0.131. The third-order valence-electron chi connectivity index (χ3n) is 5.63. The van der Waals surface area contributed by atoms with Crippen molar-refractivity contribution in [1.29, 1.82) is 0 Å². The fourth-order valence-corrected chi connectivity index (χ4v) is 6.48. The van der Waals surface area contributed by atoms with Gasteiger partial charge in [-0.2, -0.15) is 0 Å². The van der Waals surface area contributed by atoms with Gasteiger partial charge in [-0.15, -0.1) is 0 Å². The number of rotatable bonds is 6. The van der Waals surface area contributed by atoms with Gasteiger partial charge in [0.1, 0.15) is 0 Å². The molecule has 31 heavy (non-hydrogen) atoms. The SMILES string of the molecule is Cc1cc(C)c2nc(N3CCN(C(=O)CCCS(=O)(=O)c4ccccc4)CC3)sc2c1. The number of thiazole rings is 1. The van der Waals surface area contributed by atoms with Crippen LogP contribution in [-0.4, -0.2) is 56.1 Å². The van der Waals surface area contributed by atoms with Gasteiger partial charge >= 0.3 is 0 Å². The molecule has 6 nitrogen and oxygen atoms in total. The molecular weight excluding hydrogens is 430 g/mol. The number of hydrogen-bond acceptors (Lipinski definition) is 6. The van der Waals surface area contributed by atoms with E-state index in [-0.39, 0.29) is 18.1 Å². The molecule has 1 aliphatic heterocycles. The van der Waals surface area contributed by atoms with Crippen molar-refractivity contribution in [1.82, 2.24) is 9.88 Å². The molecule has 1 aromatic heterocycles. The van der Waals surface area contributed by atoms with E-state index in [2.05, 4.69) is 30.9 Å². The number of amides is 1. The van der Waals surface area contributed by atoms with Gasteiger partial charge in [-0.3, -0.25) is 4.79 Å². The summed E-state index contributed by atoms with van der Waals surface area (Å²) in [6.45, 7) is 6.95. The van der Waals surface area contributed by atoms with E-state index >= 15 is 0 Å². The van der Waals surface area contributed by atoms with Gasteiger partial charge in [0.15, 0.2) is 15.0 Å². The van der Waals surface area contributed by atoms with Gasteiger partial charge in [0.25, 0.3) is 0 Å². The second kappa shape index (κ2) is 8.96. The highest BCUT2D eigenvalue weighted by molar-refractivity contribution is 7.91. The molecule has 1 amide bonds. The molecule has 8 heteroatoms. The van der Waals surface area contributed by atoms with Crippen LogP contribution in [0.5, 0.6) is 0 Å². The van der Waals surface area contributed by atoms with Crippen molar-refractivity contribution in [3.8, 4) is 0 Å². The molecule has 1 aliphatic rings. The molecule has 4 rings (SSSR count). The van der Waals surface area contributed by atoms with E-state index in [4.69, 9.17) is 4.98 Å². The average Bonchev–Trinajstić information content (AvgIpc) is 3.19. The Morgan fingerprint density at radius 2 is 1.77 bits per heavy atom. The Hall–Kier alpha value is -2.45. The maximum absolute atomic E-state index is 12.6. The number of nitrogens with zero attached hydrogens (tertiary/aromatic N) is 3. The molecule has 0 atom stereocenters. The minimum absolute atomic E-state index is 0.00676. The van der Waals surface area contributed by atoms with E-state index in [1.807, 2.05) is 4.90 Å². The molecule has 0 bridgehead atoms. The van der Waals surface area contributed by atoms with Crippen LogP contribution in [0.3, 0.4) is 0 Å². The summed E-state index contributed by atoms with van der Waals surface area (Å²) >= 11 is 1.70. The molecular formula is C23H27N3O3S2. The molecule has 164 valence electrons. The van der Waals surface area contributed by atoms with Crippen LogP contribution in [0.4, 0.5) is 5.13 Å². The van der Waals surface area contributed by atoms with Crippen molar-refractivity contribution in [2.75, 3.05) is 36.8 Å². The lowest BCUT2D eigenvalue weighted by Gasteiger charge is -2.34. The Labute approximate surface area is 187 Å². The molecule has 1 fully saturated rings. The first-order chi connectivity index (χ1) is 14.8. The van der Waals surface area contributed by atoms with Crippen LogP contribution in [0.2, 0.25) is 0 Å². The summed E-state index contributed by atoms with van der Waals surface area (Å²) in [6, 6.07) is 12.7. The lowest BCUT2D eigenvalue weighted by atomic mass is 10.1. The molecule has 1 saturated heterocycles. The summed E-state index contributed by atoms with van der Waals surface area (Å²) < 4.78 is 25.9. The number of hydrogen-bond donors (Lipinski definition) is 0. The van der Waals surface area contributed by atoms with Crippen molar-refractivity contribution in [3.05, 3.63) is 53.6 Å². The van der Waals surface area contributed by atoms with Gasteiger partial charge in [-0.1, -0.05) is 35.6 Å². The molecule has 0 aliphatic carbocycles. The second-order valence-electron chi connectivity index (χ2n) is 8.03. The molecule has 0 spiro atoms. The zero-order valence-corrected chi connectivity index (χ0v) is 19.5. The lowest BCUT2D eigenvalue weighted by Crippen LogP contribution is -2.48. The number of carbonyl (C=O) groups is 1. The van der Waals surface area contributed by atoms with Crippen molar-refractivity contribution < 1.29 is 13.2 Å². The van der Waals surface area contributed by atoms with E-state index in [1.54, 1.807) is 41.7 Å². The zero-order valence-electron chi connectivity index (χ0n) is 17.9. The number of fused-ring (bicyclic) bond motifs is 1. The molecule has 0 unspecified atom stereocenters. The minimum atomic E-state index is -3.34. The summed E-state index contributed by atoms with van der Waals surface area (Å²) in [5, 5.41) is 1.00. The van der Waals surface area contributed by atoms with E-state index in [0.717, 1.165) is 23.7 Å². The van der Waals surface area contributed by atoms with Crippen molar-refractivity contribution in [3.63, 3.8) is 0 Å². The number of aryl methyl sites for hydroxylation is 2. The summed E-state index contributed by atoms with van der Waals surface area (Å²) in [4.78, 5) is 21.8. The van der Waals surface area contributed by atoms with Gasteiger partial charge in [-0.25, -0.2) is 13.4 Å². The third-order valence-corrected chi connectivity index (χ3v) is 8.51. The van der Waals surface area contributed by atoms with E-state index in [0.29, 0.717) is 24.4 Å². The van der Waals surface area contributed by atoms with E-state index in [9.17, 15) is 13.2 Å². The van der Waals surface area contributed by atoms with Crippen molar-refractivity contribution >= 4 is 42.4 Å². The molecule has 2 heterocycles. The molecule has 0 saturated carbocycles. The highest BCUT2D eigenvalue weighted by Gasteiger charge is 2.24. The summed E-state index contributed by atoms with van der Waals surface area (Å²) in [5.74, 6) is 0.0198. The maximum Gasteiger partial charge on any atom is 0.222 e. The van der Waals surface area contributed by atoms with Gasteiger partial charge in [-0.05, 0) is 49.6 Å². The quantitative estimate of drug-likeness (QED) is 0.563. The van der Waals surface area contributed by atoms with Crippen molar-refractivity contribution in [2.24, 2.45) is 0 Å². The Bertz CT molecular complexity index is 1180. The normalized spacial score (nSPS) is 14.9. The molecule has 0 N–H and O–H groups in total. The summed E-state index contributed by atoms with van der Waals surface area (Å²) in [6.07, 6.45) is 0.596. The van der Waals surface area contributed by atoms with E-state index in [1.165, 1.54) is 15.8 Å². The van der Waals surface area contributed by atoms with Crippen LogP contribution in [0, 0.1) is 13.8 Å². The number of piperazine rings is 1. The Balaban J connectivity index is 1.30. The predicted molar refractivity (Wildman–Crippen MR) is 126 cm³/mol. The van der Waals surface area contributed by atoms with Crippen LogP contribution in [0.15, 0.2) is 47.4 Å². The highest BCUT2D eigenvalue weighted by atomic mass is 32.2. The Morgan fingerprint density at radius 3 is 2.48 bits per heavy atom. The summed E-state index contributed by atoms with van der Waals surface area (Å²) in [5.41, 5.74) is 3.49. The van der Waals surface area contributed by atoms with E-state index < -0.39 is 9.84 Å². The zero-order chi connectivity index (χ0) is 22.0. The fraction of sp³-hybridized carbons (Fsp3) is 0.391. The molecule has 3 aromatic rings. The maximum atomic E-state index is 12.6. The number of aromatic nitrogens is 1. The average molecular weight is 458 g/mol. The summed E-state index contributed by atoms with van der Waals surface area (Å²) in [7, 11) is -3.34. The standard InChI is InChI=1S/C23H27N3O3S2/c1-17-15-18(2)22-20(16-17)30-23(24-22)26-12-10-25(11-13-26)21(27)9-6-14-31(28,29)19-7-4-3-5-8-19/h3-5,7-8,15-16H,6,9-14H2,1-2H3. The smallest absolute Gasteiger partial charge is 0.222 e. The van der Waals surface area contributed by atoms with Gasteiger partial charge in [0, 0.05) is 32.6 Å². The Morgan fingerprint density at radius 1 is 1.06 bits per heavy atom. The number of carbonyl (C=O) groups excluding carboxylic acids is 1. The van der Waals surface area contributed by atoms with Crippen LogP contribution in [0.1, 0.15) is 24.0 Å². The number of sulfone groups is 1. The fourth-order valence-electron chi connectivity index (χ4n) is 3.96. The predicted octanol–water partition coefficient (Wildman–Crippen LogP) is 3.82. The highest BCUT2D eigenvalue weighted by Crippen LogP contribution is 2.32. The van der Waals surface area contributed by atoms with Gasteiger partial charge < -0.3 is 9.80 Å². The van der Waals surface area contributed by atoms with Crippen molar-refractivity contribution in [2.45, 2.75) is 31.6 Å². The third kappa shape index (κ3) is 4.91. The molecule has 0 radical (unpaired) electrons. The number of anilines is 1. The van der Waals surface area contributed by atoms with Gasteiger partial charge in [0.2, 0.25) is 5.91 Å². The monoisotopic (exact) mass is 457 g/mol. The van der Waals surface area contributed by atoms with Gasteiger partial charge in [0.05, 0.1) is 20.9 Å². The molecule has 2 aromatic carbocycles. The van der Waals surface area contributed by atoms with Crippen LogP contribution < -0.4 is 4.90 Å². The largest absolute Gasteiger partial charge is 0.345 e. The second-order valence-corrected chi connectivity index (χ2v) is 11.1. The van der Waals surface area contributed by atoms with Crippen LogP contribution >= 0.6 is 11.3 Å². The first-order valence-electron chi connectivity index (χ1n) is 10.5. The number of benzene rings is 2. The van der Waals surface area contributed by atoms with Crippen LogP contribution in [0.25, 0.3) is 10.2 Å². The first kappa shape index (κ1) is 21.8. The van der Waals surface area contributed by atoms with Crippen LogP contribution in [-0.2, 0) is 14.6 Å². The topological polar surface area (TPSA) is 70.6 Å². The minimum Gasteiger partial charge on any atom is -0.345 e.